The predicted octanol–water partition coefficient (Wildman–Crippen LogP) is 0.547. The molecule has 8 N–H and O–H groups in total. The number of rotatable bonds is 2. The van der Waals surface area contributed by atoms with Gasteiger partial charge in [-0.2, -0.15) is 4.98 Å². The fraction of sp³-hybridized carbons (Fsp3) is 0.417. The molecule has 3 fully saturated rings. The van der Waals surface area contributed by atoms with Crippen LogP contribution in [0.3, 0.4) is 0 Å². The molecule has 0 saturated carbocycles. The molecular formula is C24H27N7O12P2S. The molecule has 246 valence electrons. The Morgan fingerprint density at radius 3 is 2.59 bits per heavy atom. The molecule has 1 aromatic carbocycles. The molecule has 10 atom stereocenters. The van der Waals surface area contributed by atoms with Gasteiger partial charge >= 0.3 is 14.6 Å². The number of phosphoric ester groups is 1. The van der Waals surface area contributed by atoms with E-state index in [0.717, 1.165) is 6.33 Å². The van der Waals surface area contributed by atoms with Crippen LogP contribution in [-0.4, -0.2) is 89.4 Å². The van der Waals surface area contributed by atoms with Crippen LogP contribution in [0.15, 0.2) is 41.7 Å². The van der Waals surface area contributed by atoms with Gasteiger partial charge in [0, 0.05) is 29.0 Å². The molecule has 3 saturated heterocycles. The Kier molecular flexibility index (Phi) is 7.99. The number of aliphatic hydroxyl groups excluding tert-OH is 2. The number of ether oxygens (including phenoxy) is 2. The van der Waals surface area contributed by atoms with E-state index in [4.69, 9.17) is 39.0 Å². The summed E-state index contributed by atoms with van der Waals surface area (Å²) in [5.74, 6) is -0.242. The quantitative estimate of drug-likeness (QED) is 0.0854. The number of hydrogen-bond acceptors (Lipinski definition) is 16. The summed E-state index contributed by atoms with van der Waals surface area (Å²) in [6.45, 7) is -5.77. The second kappa shape index (κ2) is 11.6. The van der Waals surface area contributed by atoms with Gasteiger partial charge in [-0.3, -0.25) is 37.4 Å². The molecule has 0 aliphatic carbocycles. The second-order valence-corrected chi connectivity index (χ2v) is 15.0. The summed E-state index contributed by atoms with van der Waals surface area (Å²) in [6, 6.07) is 5.12. The van der Waals surface area contributed by atoms with E-state index in [1.807, 2.05) is 0 Å². The molecule has 0 radical (unpaired) electrons. The zero-order chi connectivity index (χ0) is 32.5. The highest BCUT2D eigenvalue weighted by molar-refractivity contribution is 8.44. The van der Waals surface area contributed by atoms with Crippen molar-refractivity contribution < 1.29 is 51.8 Å². The highest BCUT2D eigenvalue weighted by atomic mass is 32.7. The van der Waals surface area contributed by atoms with Gasteiger partial charge in [-0.05, 0) is 11.5 Å². The fourth-order valence-electron chi connectivity index (χ4n) is 5.75. The highest BCUT2D eigenvalue weighted by Crippen LogP contribution is 2.58. The smallest absolute Gasteiger partial charge is 0.398 e. The number of aromatic amines is 1. The van der Waals surface area contributed by atoms with Crippen LogP contribution >= 0.6 is 26.9 Å². The number of aromatic nitrogens is 5. The van der Waals surface area contributed by atoms with Gasteiger partial charge in [-0.1, -0.05) is 24.4 Å². The third kappa shape index (κ3) is 5.63. The van der Waals surface area contributed by atoms with E-state index in [2.05, 4.69) is 32.2 Å². The van der Waals surface area contributed by atoms with Gasteiger partial charge in [-0.25, -0.2) is 14.1 Å². The number of H-pyrrole nitrogens is 1. The van der Waals surface area contributed by atoms with Crippen LogP contribution in [-0.2, 0) is 36.7 Å². The van der Waals surface area contributed by atoms with Crippen molar-refractivity contribution in [3.63, 3.8) is 0 Å². The van der Waals surface area contributed by atoms with Gasteiger partial charge in [-0.15, -0.1) is 0 Å². The van der Waals surface area contributed by atoms with Crippen molar-refractivity contribution in [3.8, 4) is 0 Å². The molecule has 4 aromatic rings. The summed E-state index contributed by atoms with van der Waals surface area (Å²) in [5, 5.41) is 23.6. The van der Waals surface area contributed by atoms with E-state index in [1.54, 1.807) is 24.4 Å². The molecule has 19 nitrogen and oxygen atoms in total. The van der Waals surface area contributed by atoms with E-state index >= 15 is 0 Å². The number of benzene rings is 1. The lowest BCUT2D eigenvalue weighted by Gasteiger charge is -2.26. The Morgan fingerprint density at radius 2 is 1.78 bits per heavy atom. The number of aliphatic hydroxyl groups is 2. The van der Waals surface area contributed by atoms with E-state index < -0.39 is 82.3 Å². The predicted molar refractivity (Wildman–Crippen MR) is 160 cm³/mol. The Bertz CT molecular complexity index is 1980. The number of hydrogen-bond donors (Lipinski definition) is 7. The maximum atomic E-state index is 13.6. The lowest BCUT2D eigenvalue weighted by Crippen LogP contribution is -2.35. The lowest BCUT2D eigenvalue weighted by molar-refractivity contribution is -0.0594. The van der Waals surface area contributed by atoms with Crippen molar-refractivity contribution in [2.45, 2.75) is 49.0 Å². The molecule has 3 aromatic heterocycles. The van der Waals surface area contributed by atoms with E-state index in [9.17, 15) is 29.0 Å². The van der Waals surface area contributed by atoms with Crippen molar-refractivity contribution in [1.29, 1.82) is 0 Å². The van der Waals surface area contributed by atoms with Crippen molar-refractivity contribution >= 4 is 60.4 Å². The minimum absolute atomic E-state index is 0.0623. The van der Waals surface area contributed by atoms with Crippen molar-refractivity contribution in [2.75, 3.05) is 24.7 Å². The summed E-state index contributed by atoms with van der Waals surface area (Å²) in [5.41, 5.74) is 11.8. The molecule has 3 aliphatic rings. The number of pyridine rings is 1. The van der Waals surface area contributed by atoms with E-state index in [1.165, 1.54) is 10.8 Å². The largest absolute Gasteiger partial charge is 0.472 e. The van der Waals surface area contributed by atoms with Crippen LogP contribution in [0.1, 0.15) is 17.9 Å². The van der Waals surface area contributed by atoms with Crippen LogP contribution in [0.5, 0.6) is 0 Å². The lowest BCUT2D eigenvalue weighted by atomic mass is 9.98. The summed E-state index contributed by atoms with van der Waals surface area (Å²) >= 11 is 4.07. The Balaban J connectivity index is 1.21. The van der Waals surface area contributed by atoms with Gasteiger partial charge in [0.2, 0.25) is 5.95 Å². The molecule has 22 heteroatoms. The Labute approximate surface area is 263 Å². The van der Waals surface area contributed by atoms with E-state index in [0.29, 0.717) is 22.0 Å². The first-order valence-electron chi connectivity index (χ1n) is 13.6. The molecule has 46 heavy (non-hydrogen) atoms. The van der Waals surface area contributed by atoms with Crippen molar-refractivity contribution in [2.24, 2.45) is 0 Å². The Morgan fingerprint density at radius 1 is 1.00 bits per heavy atom. The average Bonchev–Trinajstić information content (AvgIpc) is 3.64. The van der Waals surface area contributed by atoms with Crippen molar-refractivity contribution in [3.05, 3.63) is 52.8 Å². The number of imidazole rings is 1. The van der Waals surface area contributed by atoms with Gasteiger partial charge in [0.1, 0.15) is 42.7 Å². The summed E-state index contributed by atoms with van der Waals surface area (Å²) in [4.78, 5) is 37.6. The number of nitrogen functional groups attached to an aromatic ring is 2. The molecule has 7 rings (SSSR count). The SMILES string of the molecule is Nc1nc2c(ncn2C2OC3COP(=O)(O)OC4C(COP(=O)(S)OC2C3O)OC(c2cncc3c(N)cccc23)C4O)c(=O)[nH]1. The second-order valence-electron chi connectivity index (χ2n) is 10.8. The monoisotopic (exact) mass is 699 g/mol. The molecule has 0 spiro atoms. The minimum atomic E-state index is -5.00. The number of fused-ring (bicyclic) bond motifs is 5. The van der Waals surface area contributed by atoms with Crippen LogP contribution in [0.2, 0.25) is 0 Å². The summed E-state index contributed by atoms with van der Waals surface area (Å²) < 4.78 is 61.6. The molecular weight excluding hydrogens is 672 g/mol. The first-order chi connectivity index (χ1) is 21.8. The van der Waals surface area contributed by atoms with Crippen LogP contribution in [0.4, 0.5) is 11.6 Å². The van der Waals surface area contributed by atoms with Gasteiger partial charge in [0.15, 0.2) is 17.4 Å². The van der Waals surface area contributed by atoms with Crippen LogP contribution < -0.4 is 17.0 Å². The number of nitrogens with two attached hydrogens (primary N) is 2. The Hall–Kier alpha value is -2.97. The maximum Gasteiger partial charge on any atom is 0.472 e. The number of anilines is 2. The first-order valence-corrected chi connectivity index (χ1v) is 17.8. The minimum Gasteiger partial charge on any atom is -0.398 e. The highest BCUT2D eigenvalue weighted by Gasteiger charge is 2.53. The summed E-state index contributed by atoms with van der Waals surface area (Å²) in [7, 11) is -5.00. The summed E-state index contributed by atoms with van der Waals surface area (Å²) in [6.07, 6.45) is -7.37. The molecule has 3 aliphatic heterocycles. The topological polar surface area (TPSA) is 279 Å². The first kappa shape index (κ1) is 31.6. The van der Waals surface area contributed by atoms with Crippen molar-refractivity contribution in [1.82, 2.24) is 24.5 Å². The number of nitrogens with zero attached hydrogens (tertiary/aromatic N) is 4. The number of phosphoric acid groups is 1. The van der Waals surface area contributed by atoms with E-state index in [-0.39, 0.29) is 17.1 Å². The number of thiol groups is 1. The third-order valence-corrected chi connectivity index (χ3v) is 10.5. The van der Waals surface area contributed by atoms with Crippen LogP contribution in [0.25, 0.3) is 21.9 Å². The standard InChI is InChI=1S/C24H27N7O12P2S/c25-12-3-1-2-9-10(12)4-27-5-11(9)18-17(33)19-14(40-18)7-39-45(37,46)43-20-16(32)13(6-38-44(35,36)42-19)41-23(20)31-8-28-15-21(31)29-24(26)30-22(15)34/h1-5,8,13-14,16-20,23,32-33H,6-7,25H2,(H,35,36)(H,37,46)(H3,26,29,30,34). The maximum absolute atomic E-state index is 13.6. The molecule has 0 amide bonds. The zero-order valence-electron chi connectivity index (χ0n) is 23.3. The normalized spacial score (nSPS) is 37.0. The molecule has 10 unspecified atom stereocenters. The average molecular weight is 700 g/mol. The van der Waals surface area contributed by atoms with Gasteiger partial charge in [0.25, 0.3) is 5.56 Å². The fourth-order valence-corrected chi connectivity index (χ4v) is 8.18. The number of nitrogens with one attached hydrogen (secondary N) is 1. The third-order valence-electron chi connectivity index (χ3n) is 7.86. The van der Waals surface area contributed by atoms with Gasteiger partial charge in [0.05, 0.1) is 19.5 Å². The van der Waals surface area contributed by atoms with Gasteiger partial charge < -0.3 is 36.0 Å². The molecule has 2 bridgehead atoms. The van der Waals surface area contributed by atoms with Crippen LogP contribution in [0, 0.1) is 0 Å². The zero-order valence-corrected chi connectivity index (χ0v) is 26.0. The molecule has 6 heterocycles.